The quantitative estimate of drug-likeness (QED) is 0.366. The third-order valence-electron chi connectivity index (χ3n) is 5.51. The largest absolute Gasteiger partial charge is 0.415 e. The van der Waals surface area contributed by atoms with E-state index in [1.54, 1.807) is 17.0 Å². The molecular formula is C22H33BrN2O2. The lowest BCUT2D eigenvalue weighted by atomic mass is 9.82. The van der Waals surface area contributed by atoms with Gasteiger partial charge in [-0.25, -0.2) is 4.79 Å². The van der Waals surface area contributed by atoms with Crippen LogP contribution >= 0.6 is 15.9 Å². The second-order valence-electron chi connectivity index (χ2n) is 7.65. The summed E-state index contributed by atoms with van der Waals surface area (Å²) in [6, 6.07) is 7.66. The van der Waals surface area contributed by atoms with Gasteiger partial charge in [-0.1, -0.05) is 34.8 Å². The second kappa shape index (κ2) is 11.5. The first-order valence-electron chi connectivity index (χ1n) is 9.99. The Morgan fingerprint density at radius 3 is 2.48 bits per heavy atom. The van der Waals surface area contributed by atoms with Crippen LogP contribution in [-0.4, -0.2) is 49.1 Å². The highest BCUT2D eigenvalue weighted by atomic mass is 79.9. The minimum atomic E-state index is -0.258. The maximum absolute atomic E-state index is 12.4. The fourth-order valence-electron chi connectivity index (χ4n) is 3.77. The van der Waals surface area contributed by atoms with Crippen molar-refractivity contribution in [1.29, 1.82) is 0 Å². The molecule has 0 unspecified atom stereocenters. The lowest BCUT2D eigenvalue weighted by Gasteiger charge is -2.34. The Morgan fingerprint density at radius 2 is 1.85 bits per heavy atom. The molecule has 0 aliphatic heterocycles. The van der Waals surface area contributed by atoms with Gasteiger partial charge in [0.2, 0.25) is 0 Å². The maximum Gasteiger partial charge on any atom is 0.415 e. The number of hydrogen-bond acceptors (Lipinski definition) is 3. The van der Waals surface area contributed by atoms with Gasteiger partial charge in [0, 0.05) is 24.1 Å². The zero-order valence-electron chi connectivity index (χ0n) is 16.7. The predicted molar refractivity (Wildman–Crippen MR) is 115 cm³/mol. The second-order valence-corrected chi connectivity index (χ2v) is 8.57. The molecule has 0 heterocycles. The Bertz CT molecular complexity index is 582. The normalized spacial score (nSPS) is 19.7. The van der Waals surface area contributed by atoms with Crippen molar-refractivity contribution in [2.24, 2.45) is 5.92 Å². The van der Waals surface area contributed by atoms with E-state index in [1.807, 2.05) is 25.3 Å². The molecule has 0 N–H and O–H groups in total. The first-order valence-corrected chi connectivity index (χ1v) is 10.8. The molecular weight excluding hydrogens is 404 g/mol. The lowest BCUT2D eigenvalue weighted by molar-refractivity contribution is 0.123. The third kappa shape index (κ3) is 7.67. The molecule has 0 atom stereocenters. The van der Waals surface area contributed by atoms with Crippen LogP contribution in [0.4, 0.5) is 4.79 Å². The van der Waals surface area contributed by atoms with Crippen molar-refractivity contribution in [3.05, 3.63) is 41.4 Å². The topological polar surface area (TPSA) is 32.8 Å². The van der Waals surface area contributed by atoms with Crippen LogP contribution in [0, 0.1) is 5.92 Å². The van der Waals surface area contributed by atoms with E-state index in [1.165, 1.54) is 32.1 Å². The smallest absolute Gasteiger partial charge is 0.410 e. The zero-order chi connectivity index (χ0) is 19.6. The van der Waals surface area contributed by atoms with Gasteiger partial charge in [0.1, 0.15) is 5.75 Å². The van der Waals surface area contributed by atoms with Gasteiger partial charge in [-0.15, -0.1) is 6.58 Å². The van der Waals surface area contributed by atoms with Gasteiger partial charge in [-0.05, 0) is 75.9 Å². The molecule has 1 fully saturated rings. The van der Waals surface area contributed by atoms with Gasteiger partial charge in [0.05, 0.1) is 0 Å². The van der Waals surface area contributed by atoms with Crippen molar-refractivity contribution >= 4 is 22.0 Å². The number of nitrogens with zero attached hydrogens (tertiary/aromatic N) is 2. The number of likely N-dealkylation sites (N-methyl/N-ethyl adjacent to an activating group) is 1. The molecule has 1 aromatic carbocycles. The fourth-order valence-corrected chi connectivity index (χ4v) is 4.04. The summed E-state index contributed by atoms with van der Waals surface area (Å²) in [6.07, 6.45) is 10.1. The van der Waals surface area contributed by atoms with Crippen LogP contribution in [0.1, 0.15) is 44.9 Å². The van der Waals surface area contributed by atoms with Gasteiger partial charge >= 0.3 is 6.09 Å². The van der Waals surface area contributed by atoms with Gasteiger partial charge < -0.3 is 14.5 Å². The van der Waals surface area contributed by atoms with E-state index in [-0.39, 0.29) is 6.09 Å². The summed E-state index contributed by atoms with van der Waals surface area (Å²) in [6.45, 7) is 5.89. The molecule has 0 radical (unpaired) electrons. The third-order valence-corrected chi connectivity index (χ3v) is 6.04. The Hall–Kier alpha value is -1.33. The highest BCUT2D eigenvalue weighted by Crippen LogP contribution is 2.31. The summed E-state index contributed by atoms with van der Waals surface area (Å²) in [5.74, 6) is 1.40. The molecule has 4 nitrogen and oxygen atoms in total. The average Bonchev–Trinajstić information content (AvgIpc) is 2.67. The van der Waals surface area contributed by atoms with Crippen LogP contribution in [0.2, 0.25) is 0 Å². The maximum atomic E-state index is 12.4. The number of amides is 1. The van der Waals surface area contributed by atoms with E-state index in [9.17, 15) is 4.79 Å². The van der Waals surface area contributed by atoms with Crippen molar-refractivity contribution in [2.45, 2.75) is 51.0 Å². The van der Waals surface area contributed by atoms with Crippen LogP contribution in [0.3, 0.4) is 0 Å². The molecule has 2 rings (SSSR count). The van der Waals surface area contributed by atoms with Crippen molar-refractivity contribution in [2.75, 3.05) is 27.2 Å². The average molecular weight is 437 g/mol. The Morgan fingerprint density at radius 1 is 1.19 bits per heavy atom. The lowest BCUT2D eigenvalue weighted by Crippen LogP contribution is -2.41. The van der Waals surface area contributed by atoms with Crippen LogP contribution in [0.5, 0.6) is 5.75 Å². The summed E-state index contributed by atoms with van der Waals surface area (Å²) in [4.78, 5) is 16.5. The molecule has 150 valence electrons. The van der Waals surface area contributed by atoms with Gasteiger partial charge in [0.15, 0.2) is 0 Å². The number of carbonyl (C=O) groups is 1. The molecule has 5 heteroatoms. The van der Waals surface area contributed by atoms with Crippen LogP contribution in [0.25, 0.3) is 0 Å². The van der Waals surface area contributed by atoms with Crippen LogP contribution in [-0.2, 0) is 0 Å². The first kappa shape index (κ1) is 22.0. The summed E-state index contributed by atoms with van der Waals surface area (Å²) < 4.78 is 6.46. The molecule has 1 aliphatic carbocycles. The summed E-state index contributed by atoms with van der Waals surface area (Å²) >= 11 is 3.39. The molecule has 0 bridgehead atoms. The van der Waals surface area contributed by atoms with E-state index in [2.05, 4.69) is 34.5 Å². The number of unbranched alkanes of at least 4 members (excludes halogenated alkanes) is 1. The van der Waals surface area contributed by atoms with Gasteiger partial charge in [-0.2, -0.15) is 0 Å². The molecule has 1 aromatic rings. The SMILES string of the molecule is C=CCN(C)CCCCC1CCC(N(C)C(=O)Oc2ccc(Br)cc2)CC1. The monoisotopic (exact) mass is 436 g/mol. The van der Waals surface area contributed by atoms with Crippen LogP contribution in [0.15, 0.2) is 41.4 Å². The Kier molecular flexibility index (Phi) is 9.35. The minimum absolute atomic E-state index is 0.258. The van der Waals surface area contributed by atoms with E-state index in [0.29, 0.717) is 11.8 Å². The number of ether oxygens (including phenoxy) is 1. The molecule has 27 heavy (non-hydrogen) atoms. The number of hydrogen-bond donors (Lipinski definition) is 0. The number of halogens is 1. The molecule has 1 aliphatic rings. The highest BCUT2D eigenvalue weighted by molar-refractivity contribution is 9.10. The summed E-state index contributed by atoms with van der Waals surface area (Å²) in [5.41, 5.74) is 0. The zero-order valence-corrected chi connectivity index (χ0v) is 18.3. The number of rotatable bonds is 9. The van der Waals surface area contributed by atoms with Crippen molar-refractivity contribution in [3.63, 3.8) is 0 Å². The minimum Gasteiger partial charge on any atom is -0.410 e. The van der Waals surface area contributed by atoms with Crippen molar-refractivity contribution in [1.82, 2.24) is 9.80 Å². The van der Waals surface area contributed by atoms with Crippen molar-refractivity contribution in [3.8, 4) is 5.75 Å². The molecule has 1 saturated carbocycles. The summed E-state index contributed by atoms with van der Waals surface area (Å²) in [7, 11) is 4.01. The Labute approximate surface area is 172 Å². The molecule has 0 aromatic heterocycles. The standard InChI is InChI=1S/C22H33BrN2O2/c1-4-16-24(2)17-6-5-7-18-8-12-20(13-9-18)25(3)22(26)27-21-14-10-19(23)11-15-21/h4,10-11,14-15,18,20H,1,5-9,12-13,16-17H2,2-3H3. The van der Waals surface area contributed by atoms with E-state index in [0.717, 1.165) is 36.3 Å². The first-order chi connectivity index (χ1) is 13.0. The fraction of sp³-hybridized carbons (Fsp3) is 0.591. The molecule has 0 spiro atoms. The summed E-state index contributed by atoms with van der Waals surface area (Å²) in [5, 5.41) is 0. The van der Waals surface area contributed by atoms with E-state index in [4.69, 9.17) is 4.74 Å². The van der Waals surface area contributed by atoms with Crippen LogP contribution < -0.4 is 4.74 Å². The highest BCUT2D eigenvalue weighted by Gasteiger charge is 2.27. The number of benzene rings is 1. The van der Waals surface area contributed by atoms with E-state index >= 15 is 0 Å². The number of carbonyl (C=O) groups excluding carboxylic acids is 1. The molecule has 0 saturated heterocycles. The molecule has 1 amide bonds. The van der Waals surface area contributed by atoms with E-state index < -0.39 is 0 Å². The van der Waals surface area contributed by atoms with Gasteiger partial charge in [-0.3, -0.25) is 0 Å². The Balaban J connectivity index is 1.66. The van der Waals surface area contributed by atoms with Crippen molar-refractivity contribution < 1.29 is 9.53 Å². The predicted octanol–water partition coefficient (Wildman–Crippen LogP) is 5.73. The van der Waals surface area contributed by atoms with Gasteiger partial charge in [0.25, 0.3) is 0 Å².